The molecule has 0 unspecified atom stereocenters. The molecule has 9 heteroatoms. The molecule has 0 fully saturated rings. The van der Waals surface area contributed by atoms with E-state index in [1.165, 1.54) is 0 Å². The van der Waals surface area contributed by atoms with Crippen molar-refractivity contribution in [2.75, 3.05) is 0 Å². The van der Waals surface area contributed by atoms with E-state index < -0.39 is 0 Å². The van der Waals surface area contributed by atoms with Gasteiger partial charge in [0.15, 0.2) is 5.70 Å². The predicted octanol–water partition coefficient (Wildman–Crippen LogP) is 0.505. The van der Waals surface area contributed by atoms with Crippen LogP contribution in [0.3, 0.4) is 0 Å². The van der Waals surface area contributed by atoms with E-state index in [0.29, 0.717) is 0 Å². The largest absolute Gasteiger partial charge is 0.169 e. The summed E-state index contributed by atoms with van der Waals surface area (Å²) in [7, 11) is 0. The molecule has 0 rings (SSSR count). The molecule has 2 radical (unpaired) electrons. The molecule has 0 aromatic carbocycles. The number of halogens is 1. The second-order valence-electron chi connectivity index (χ2n) is 0. The van der Waals surface area contributed by atoms with Gasteiger partial charge < -0.3 is 0 Å². The standard InChI is InChI=1S/BI.7U/c1-2;;;;;;;. The molecular weight excluding hydrogens is 1800 g/mol. The fraction of sp³-hybridized carbons (Fsp3) is 0. The van der Waals surface area contributed by atoms with Crippen molar-refractivity contribution in [3.05, 3.63) is 0 Å². The molecular formula is BIU7. The van der Waals surface area contributed by atoms with Gasteiger partial charge in [-0.2, -0.15) is 22.4 Å². The van der Waals surface area contributed by atoms with Crippen LogP contribution in [0.4, 0.5) is 0 Å². The van der Waals surface area contributed by atoms with Crippen molar-refractivity contribution >= 4 is 28.1 Å². The van der Waals surface area contributed by atoms with Crippen LogP contribution in [0.1, 0.15) is 0 Å². The van der Waals surface area contributed by atoms with Gasteiger partial charge in [-0.3, -0.25) is 0 Å². The molecule has 0 N–H and O–H groups in total. The van der Waals surface area contributed by atoms with Crippen LogP contribution < -0.4 is 0 Å². The van der Waals surface area contributed by atoms with E-state index in [9.17, 15) is 0 Å². The Morgan fingerprint density at radius 3 is 0.444 bits per heavy atom. The Kier molecular flexibility index (Phi) is 331. The van der Waals surface area contributed by atoms with Crippen LogP contribution in [-0.4, -0.2) is 5.70 Å². The fourth-order valence-corrected chi connectivity index (χ4v) is 0. The van der Waals surface area contributed by atoms with Crippen LogP contribution in [0.25, 0.3) is 0 Å². The van der Waals surface area contributed by atoms with Crippen molar-refractivity contribution in [3.63, 3.8) is 0 Å². The van der Waals surface area contributed by atoms with Gasteiger partial charge in [0.25, 0.3) is 0 Å². The molecule has 0 saturated heterocycles. The van der Waals surface area contributed by atoms with E-state index in [1.54, 1.807) is 22.4 Å². The first kappa shape index (κ1) is 53.4. The molecule has 0 amide bonds. The Morgan fingerprint density at radius 1 is 0.444 bits per heavy atom. The summed E-state index contributed by atoms with van der Waals surface area (Å²) in [6.45, 7) is 0. The molecule has 0 aromatic heterocycles. The van der Waals surface area contributed by atoms with Crippen molar-refractivity contribution < 1.29 is 218 Å². The van der Waals surface area contributed by atoms with E-state index in [1.807, 2.05) is 0 Å². The maximum absolute atomic E-state index is 4.47. The second-order valence-corrected chi connectivity index (χ2v) is 0. The normalized spacial score (nSPS) is 0.556. The zero-order valence-electron chi connectivity index (χ0n) is 4.46. The van der Waals surface area contributed by atoms with Crippen molar-refractivity contribution in [2.45, 2.75) is 0 Å². The van der Waals surface area contributed by atoms with Crippen molar-refractivity contribution in [1.29, 1.82) is 0 Å². The molecule has 0 heterocycles. The second kappa shape index (κ2) is 55.8. The summed E-state index contributed by atoms with van der Waals surface area (Å²) in [4.78, 5) is 0. The average molecular weight is 1800 g/mol. The average Bonchev–Trinajstić information content (AvgIpc) is 1.00. The van der Waals surface area contributed by atoms with Crippen molar-refractivity contribution in [2.24, 2.45) is 0 Å². The summed E-state index contributed by atoms with van der Waals surface area (Å²) in [6.07, 6.45) is 0. The van der Waals surface area contributed by atoms with E-state index in [-0.39, 0.29) is 218 Å². The first-order valence-electron chi connectivity index (χ1n) is 0.218. The van der Waals surface area contributed by atoms with Crippen molar-refractivity contribution in [1.82, 2.24) is 0 Å². The molecule has 0 spiro atoms. The van der Waals surface area contributed by atoms with E-state index in [2.05, 4.69) is 5.70 Å². The summed E-state index contributed by atoms with van der Waals surface area (Å²) in [5, 5.41) is 0. The summed E-state index contributed by atoms with van der Waals surface area (Å²) in [5.74, 6) is 0. The summed E-state index contributed by atoms with van der Waals surface area (Å²) < 4.78 is 0. The third-order valence-corrected chi connectivity index (χ3v) is 0. The quantitative estimate of drug-likeness (QED) is 0.246. The maximum Gasteiger partial charge on any atom is 0.169 e. The number of rotatable bonds is 0. The Hall–Kier alpha value is 8.16. The minimum absolute atomic E-state index is 0. The third kappa shape index (κ3) is 48.7. The third-order valence-electron chi connectivity index (χ3n) is 0. The molecule has 0 nitrogen and oxygen atoms in total. The van der Waals surface area contributed by atoms with Crippen LogP contribution in [0, 0.1) is 218 Å². The molecule has 0 bridgehead atoms. The van der Waals surface area contributed by atoms with Gasteiger partial charge in [-0.1, -0.05) is 0 Å². The van der Waals surface area contributed by atoms with Gasteiger partial charge >= 0.3 is 0 Å². The minimum atomic E-state index is 0. The van der Waals surface area contributed by atoms with Gasteiger partial charge in [0.2, 0.25) is 0 Å². The van der Waals surface area contributed by atoms with Crippen LogP contribution in [0.5, 0.6) is 0 Å². The molecule has 0 aliphatic rings. The molecule has 0 aliphatic heterocycles. The molecule has 38 valence electrons. The van der Waals surface area contributed by atoms with E-state index in [4.69, 9.17) is 0 Å². The van der Waals surface area contributed by atoms with Crippen LogP contribution in [0.2, 0.25) is 0 Å². The Labute approximate surface area is 238 Å². The zero-order valence-corrected chi connectivity index (χ0v) is 35.8. The smallest absolute Gasteiger partial charge is 0.169 e. The molecule has 9 heavy (non-hydrogen) atoms. The SMILES string of the molecule is [B]I.[U].[U].[U].[U].[U].[U].[U]. The summed E-state index contributed by atoms with van der Waals surface area (Å²) in [6, 6.07) is 0. The van der Waals surface area contributed by atoms with Gasteiger partial charge in [-0.05, 0) is 0 Å². The molecule has 0 aromatic rings. The molecule has 0 aliphatic carbocycles. The van der Waals surface area contributed by atoms with Gasteiger partial charge in [-0.15, -0.1) is 0 Å². The monoisotopic (exact) mass is 1800 g/mol. The van der Waals surface area contributed by atoms with E-state index >= 15 is 0 Å². The van der Waals surface area contributed by atoms with Gasteiger partial charge in [0, 0.05) is 218 Å². The summed E-state index contributed by atoms with van der Waals surface area (Å²) >= 11 is 1.65. The van der Waals surface area contributed by atoms with Crippen LogP contribution in [-0.2, 0) is 0 Å². The van der Waals surface area contributed by atoms with Gasteiger partial charge in [0.05, 0.1) is 0 Å². The molecule has 0 atom stereocenters. The zero-order chi connectivity index (χ0) is 2.00. The first-order chi connectivity index (χ1) is 1.00. The van der Waals surface area contributed by atoms with Crippen LogP contribution in [0.15, 0.2) is 0 Å². The fourth-order valence-electron chi connectivity index (χ4n) is 0. The first-order valence-corrected chi connectivity index (χ1v) is 1.46. The maximum atomic E-state index is 4.47. The van der Waals surface area contributed by atoms with Crippen LogP contribution >= 0.6 is 22.4 Å². The Morgan fingerprint density at radius 2 is 0.444 bits per heavy atom. The van der Waals surface area contributed by atoms with Crippen molar-refractivity contribution in [3.8, 4) is 0 Å². The number of hydrogen-bond acceptors (Lipinski definition) is 0. The topological polar surface area (TPSA) is 0 Å². The van der Waals surface area contributed by atoms with E-state index in [0.717, 1.165) is 0 Å². The number of hydrogen-bond donors (Lipinski definition) is 0. The minimum Gasteiger partial charge on any atom is -0.169 e. The predicted molar refractivity (Wildman–Crippen MR) is 19.8 cm³/mol. The Bertz CT molecular complexity index is 8.88. The van der Waals surface area contributed by atoms with Gasteiger partial charge in [0.1, 0.15) is 0 Å². The van der Waals surface area contributed by atoms with Gasteiger partial charge in [-0.25, -0.2) is 0 Å². The molecule has 0 saturated carbocycles. The summed E-state index contributed by atoms with van der Waals surface area (Å²) in [5.41, 5.74) is 4.47. The Balaban J connectivity index is -0.000000000238.